The average molecular weight is 801 g/mol. The topological polar surface area (TPSA) is 78.9 Å². The molecular formula is C51H92O6. The summed E-state index contributed by atoms with van der Waals surface area (Å²) in [5.41, 5.74) is 0. The highest BCUT2D eigenvalue weighted by Crippen LogP contribution is 2.15. The largest absolute Gasteiger partial charge is 0.462 e. The van der Waals surface area contributed by atoms with E-state index in [4.69, 9.17) is 14.2 Å². The number of esters is 3. The van der Waals surface area contributed by atoms with E-state index in [9.17, 15) is 14.4 Å². The fourth-order valence-electron chi connectivity index (χ4n) is 6.89. The Kier molecular flexibility index (Phi) is 44.4. The van der Waals surface area contributed by atoms with Gasteiger partial charge in [0, 0.05) is 19.3 Å². The van der Waals surface area contributed by atoms with Crippen LogP contribution >= 0.6 is 0 Å². The van der Waals surface area contributed by atoms with Gasteiger partial charge in [0.15, 0.2) is 6.10 Å². The van der Waals surface area contributed by atoms with Crippen LogP contribution in [0.2, 0.25) is 0 Å². The summed E-state index contributed by atoms with van der Waals surface area (Å²) in [4.78, 5) is 37.5. The van der Waals surface area contributed by atoms with Crippen molar-refractivity contribution in [2.75, 3.05) is 13.2 Å². The van der Waals surface area contributed by atoms with Gasteiger partial charge in [0.1, 0.15) is 13.2 Å². The van der Waals surface area contributed by atoms with E-state index >= 15 is 0 Å². The Hall–Kier alpha value is -2.37. The molecular weight excluding hydrogens is 709 g/mol. The lowest BCUT2D eigenvalue weighted by atomic mass is 10.0. The summed E-state index contributed by atoms with van der Waals surface area (Å²) < 4.78 is 16.6. The maximum Gasteiger partial charge on any atom is 0.306 e. The molecule has 0 amide bonds. The Morgan fingerprint density at radius 3 is 1.05 bits per heavy atom. The van der Waals surface area contributed by atoms with Gasteiger partial charge in [-0.3, -0.25) is 14.4 Å². The van der Waals surface area contributed by atoms with E-state index in [1.54, 1.807) is 0 Å². The first kappa shape index (κ1) is 54.6. The third-order valence-electron chi connectivity index (χ3n) is 10.6. The van der Waals surface area contributed by atoms with Crippen molar-refractivity contribution in [2.45, 2.75) is 258 Å². The third-order valence-corrected chi connectivity index (χ3v) is 10.6. The van der Waals surface area contributed by atoms with Crippen molar-refractivity contribution >= 4 is 17.9 Å². The van der Waals surface area contributed by atoms with Gasteiger partial charge in [-0.2, -0.15) is 0 Å². The molecule has 0 spiro atoms. The van der Waals surface area contributed by atoms with E-state index in [0.717, 1.165) is 83.5 Å². The van der Waals surface area contributed by atoms with Crippen LogP contribution in [0.5, 0.6) is 0 Å². The molecule has 0 aliphatic carbocycles. The van der Waals surface area contributed by atoms with Gasteiger partial charge in [0.05, 0.1) is 0 Å². The molecule has 6 nitrogen and oxygen atoms in total. The van der Waals surface area contributed by atoms with E-state index in [-0.39, 0.29) is 31.1 Å². The fourth-order valence-corrected chi connectivity index (χ4v) is 6.89. The molecule has 0 radical (unpaired) electrons. The SMILES string of the molecule is CCC/C=C\CCCCCCCC(=O)OC(COC(=O)CCCCCCCC)COC(=O)CCCCCCCCCCCCC/C=C\C/C=C\CCCCCCC. The fraction of sp³-hybridized carbons (Fsp3) is 0.824. The molecule has 0 rings (SSSR count). The molecule has 0 N–H and O–H groups in total. The number of allylic oxidation sites excluding steroid dienone is 6. The number of carbonyl (C=O) groups is 3. The maximum atomic E-state index is 12.6. The number of hydrogen-bond acceptors (Lipinski definition) is 6. The molecule has 0 aliphatic rings. The lowest BCUT2D eigenvalue weighted by molar-refractivity contribution is -0.167. The zero-order valence-corrected chi connectivity index (χ0v) is 37.9. The van der Waals surface area contributed by atoms with E-state index in [0.29, 0.717) is 19.3 Å². The predicted octanol–water partition coefficient (Wildman–Crippen LogP) is 15.8. The highest BCUT2D eigenvalue weighted by Gasteiger charge is 2.19. The van der Waals surface area contributed by atoms with Crippen molar-refractivity contribution in [3.63, 3.8) is 0 Å². The van der Waals surface area contributed by atoms with Crippen molar-refractivity contribution in [3.05, 3.63) is 36.5 Å². The van der Waals surface area contributed by atoms with Gasteiger partial charge in [-0.05, 0) is 70.6 Å². The summed E-state index contributed by atoms with van der Waals surface area (Å²) in [5.74, 6) is -0.895. The zero-order valence-electron chi connectivity index (χ0n) is 37.9. The van der Waals surface area contributed by atoms with Gasteiger partial charge in [-0.1, -0.05) is 198 Å². The van der Waals surface area contributed by atoms with Crippen LogP contribution in [0.1, 0.15) is 252 Å². The molecule has 0 fully saturated rings. The lowest BCUT2D eigenvalue weighted by Crippen LogP contribution is -2.30. The van der Waals surface area contributed by atoms with Crippen LogP contribution in [0.4, 0.5) is 0 Å². The molecule has 57 heavy (non-hydrogen) atoms. The molecule has 332 valence electrons. The second-order valence-electron chi connectivity index (χ2n) is 16.4. The highest BCUT2D eigenvalue weighted by atomic mass is 16.6. The van der Waals surface area contributed by atoms with E-state index in [1.165, 1.54) is 128 Å². The van der Waals surface area contributed by atoms with Crippen LogP contribution in [0.15, 0.2) is 36.5 Å². The number of rotatable bonds is 44. The molecule has 0 saturated heterocycles. The van der Waals surface area contributed by atoms with Gasteiger partial charge >= 0.3 is 17.9 Å². The second kappa shape index (κ2) is 46.3. The quantitative estimate of drug-likeness (QED) is 0.0264. The summed E-state index contributed by atoms with van der Waals surface area (Å²) in [6.45, 7) is 6.50. The van der Waals surface area contributed by atoms with Crippen LogP contribution in [-0.4, -0.2) is 37.2 Å². The Morgan fingerprint density at radius 1 is 0.351 bits per heavy atom. The Morgan fingerprint density at radius 2 is 0.667 bits per heavy atom. The van der Waals surface area contributed by atoms with Gasteiger partial charge in [-0.15, -0.1) is 0 Å². The van der Waals surface area contributed by atoms with Crippen molar-refractivity contribution in [1.82, 2.24) is 0 Å². The summed E-state index contributed by atoms with van der Waals surface area (Å²) in [6.07, 6.45) is 53.1. The Bertz CT molecular complexity index is 969. The lowest BCUT2D eigenvalue weighted by Gasteiger charge is -2.18. The third kappa shape index (κ3) is 44.6. The minimum Gasteiger partial charge on any atom is -0.462 e. The van der Waals surface area contributed by atoms with E-state index in [1.807, 2.05) is 0 Å². The molecule has 6 heteroatoms. The number of ether oxygens (including phenoxy) is 3. The first-order valence-electron chi connectivity index (χ1n) is 24.5. The minimum absolute atomic E-state index is 0.0753. The minimum atomic E-state index is -0.770. The van der Waals surface area contributed by atoms with Crippen molar-refractivity contribution in [1.29, 1.82) is 0 Å². The highest BCUT2D eigenvalue weighted by molar-refractivity contribution is 5.71. The number of hydrogen-bond donors (Lipinski definition) is 0. The smallest absolute Gasteiger partial charge is 0.306 e. The van der Waals surface area contributed by atoms with Crippen LogP contribution < -0.4 is 0 Å². The van der Waals surface area contributed by atoms with Gasteiger partial charge in [0.2, 0.25) is 0 Å². The van der Waals surface area contributed by atoms with Crippen LogP contribution in [0.3, 0.4) is 0 Å². The number of carbonyl (C=O) groups excluding carboxylic acids is 3. The molecule has 0 aromatic rings. The molecule has 0 aromatic carbocycles. The second-order valence-corrected chi connectivity index (χ2v) is 16.4. The molecule has 0 bridgehead atoms. The summed E-state index contributed by atoms with van der Waals surface area (Å²) in [5, 5.41) is 0. The van der Waals surface area contributed by atoms with Crippen LogP contribution in [-0.2, 0) is 28.6 Å². The molecule has 0 aromatic heterocycles. The van der Waals surface area contributed by atoms with Crippen LogP contribution in [0.25, 0.3) is 0 Å². The maximum absolute atomic E-state index is 12.6. The molecule has 0 heterocycles. The molecule has 1 unspecified atom stereocenters. The predicted molar refractivity (Wildman–Crippen MR) is 242 cm³/mol. The zero-order chi connectivity index (χ0) is 41.5. The van der Waals surface area contributed by atoms with Crippen molar-refractivity contribution in [3.8, 4) is 0 Å². The molecule has 0 saturated carbocycles. The van der Waals surface area contributed by atoms with E-state index < -0.39 is 6.10 Å². The monoisotopic (exact) mass is 801 g/mol. The Balaban J connectivity index is 4.09. The summed E-state index contributed by atoms with van der Waals surface area (Å²) in [7, 11) is 0. The first-order chi connectivity index (χ1) is 28.0. The molecule has 0 aliphatic heterocycles. The van der Waals surface area contributed by atoms with Gasteiger partial charge in [0.25, 0.3) is 0 Å². The normalized spacial score (nSPS) is 12.3. The van der Waals surface area contributed by atoms with Crippen LogP contribution in [0, 0.1) is 0 Å². The van der Waals surface area contributed by atoms with Gasteiger partial charge < -0.3 is 14.2 Å². The standard InChI is InChI=1S/C51H92O6/c1-4-7-10-13-16-18-20-21-22-23-24-25-26-27-28-29-30-31-32-34-35-38-41-44-50(53)56-47-48(46-55-49(52)43-40-37-15-12-9-6-3)57-51(54)45-42-39-36-33-19-17-14-11-8-5-2/h11,14,20-21,23-24,48H,4-10,12-13,15-19,22,25-47H2,1-3H3/b14-11-,21-20-,24-23-. The summed E-state index contributed by atoms with van der Waals surface area (Å²) in [6, 6.07) is 0. The molecule has 1 atom stereocenters. The first-order valence-corrected chi connectivity index (χ1v) is 24.5. The Labute approximate surface area is 353 Å². The summed E-state index contributed by atoms with van der Waals surface area (Å²) >= 11 is 0. The average Bonchev–Trinajstić information content (AvgIpc) is 3.21. The van der Waals surface area contributed by atoms with E-state index in [2.05, 4.69) is 57.2 Å². The van der Waals surface area contributed by atoms with Gasteiger partial charge in [-0.25, -0.2) is 0 Å². The van der Waals surface area contributed by atoms with Crippen molar-refractivity contribution < 1.29 is 28.6 Å². The number of unbranched alkanes of at least 4 members (excludes halogenated alkanes) is 27. The van der Waals surface area contributed by atoms with Crippen molar-refractivity contribution in [2.24, 2.45) is 0 Å².